The van der Waals surface area contributed by atoms with Crippen molar-refractivity contribution in [3.8, 4) is 5.75 Å². The lowest BCUT2D eigenvalue weighted by molar-refractivity contribution is -0.121. The van der Waals surface area contributed by atoms with Gasteiger partial charge in [0.1, 0.15) is 16.8 Å². The summed E-state index contributed by atoms with van der Waals surface area (Å²) in [5, 5.41) is 10.6. The monoisotopic (exact) mass is 312 g/mol. The second kappa shape index (κ2) is 6.35. The van der Waals surface area contributed by atoms with Gasteiger partial charge in [0.2, 0.25) is 0 Å². The number of aromatic nitrogens is 3. The summed E-state index contributed by atoms with van der Waals surface area (Å²) in [6.07, 6.45) is 0. The van der Waals surface area contributed by atoms with Crippen LogP contribution in [0.1, 0.15) is 5.56 Å². The summed E-state index contributed by atoms with van der Waals surface area (Å²) in [5.74, 6) is 0.281. The fraction of sp³-hybridized carbons (Fsp3) is 0.188. The van der Waals surface area contributed by atoms with Crippen molar-refractivity contribution in [2.24, 2.45) is 0 Å². The highest BCUT2D eigenvalue weighted by molar-refractivity contribution is 5.93. The van der Waals surface area contributed by atoms with Gasteiger partial charge < -0.3 is 14.9 Å². The fourth-order valence-corrected chi connectivity index (χ4v) is 2.17. The number of hydrogen-bond donors (Lipinski definition) is 1. The molecule has 3 rings (SSSR count). The number of carbonyl (C=O) groups is 1. The standard InChI is InChI=1S/C16H16N4O3/c1-11-7-8-15(22-2)13(9-11)17-16(21)10-23-20-14-6-4-3-5-12(14)18-19-20/h3-9H,10H2,1-2H3,(H,17,21). The van der Waals surface area contributed by atoms with Crippen LogP contribution >= 0.6 is 0 Å². The molecule has 3 aromatic rings. The normalized spacial score (nSPS) is 10.5. The Labute approximate surface area is 132 Å². The number of ether oxygens (including phenoxy) is 1. The maximum absolute atomic E-state index is 12.1. The Bertz CT molecular complexity index is 844. The summed E-state index contributed by atoms with van der Waals surface area (Å²) in [5.41, 5.74) is 3.02. The molecule has 0 aliphatic rings. The second-order valence-corrected chi connectivity index (χ2v) is 4.98. The van der Waals surface area contributed by atoms with Crippen LogP contribution in [0.4, 0.5) is 5.69 Å². The van der Waals surface area contributed by atoms with Crippen LogP contribution in [0.3, 0.4) is 0 Å². The quantitative estimate of drug-likeness (QED) is 0.777. The molecule has 0 aliphatic carbocycles. The first-order valence-corrected chi connectivity index (χ1v) is 7.05. The molecule has 0 radical (unpaired) electrons. The molecule has 1 aromatic heterocycles. The van der Waals surface area contributed by atoms with Crippen LogP contribution in [0.5, 0.6) is 5.75 Å². The molecule has 1 N–H and O–H groups in total. The van der Waals surface area contributed by atoms with Crippen LogP contribution in [0.2, 0.25) is 0 Å². The van der Waals surface area contributed by atoms with Crippen LogP contribution in [-0.4, -0.2) is 34.8 Å². The molecule has 0 atom stereocenters. The van der Waals surface area contributed by atoms with Gasteiger partial charge in [-0.15, -0.1) is 5.10 Å². The van der Waals surface area contributed by atoms with Gasteiger partial charge in [-0.1, -0.05) is 23.0 Å². The number of aryl methyl sites for hydroxylation is 1. The molecule has 23 heavy (non-hydrogen) atoms. The zero-order chi connectivity index (χ0) is 16.2. The molecule has 1 heterocycles. The van der Waals surface area contributed by atoms with Gasteiger partial charge in [-0.2, -0.15) is 0 Å². The molecule has 0 spiro atoms. The Kier molecular flexibility index (Phi) is 4.09. The maximum atomic E-state index is 12.1. The fourth-order valence-electron chi connectivity index (χ4n) is 2.17. The molecule has 0 fully saturated rings. The van der Waals surface area contributed by atoms with E-state index in [-0.39, 0.29) is 12.5 Å². The molecule has 2 aromatic carbocycles. The van der Waals surface area contributed by atoms with E-state index in [9.17, 15) is 4.79 Å². The molecular formula is C16H16N4O3. The van der Waals surface area contributed by atoms with Gasteiger partial charge in [-0.05, 0) is 42.0 Å². The first-order valence-electron chi connectivity index (χ1n) is 7.05. The lowest BCUT2D eigenvalue weighted by atomic mass is 10.2. The summed E-state index contributed by atoms with van der Waals surface area (Å²) in [6.45, 7) is 1.75. The first-order chi connectivity index (χ1) is 11.2. The maximum Gasteiger partial charge on any atom is 0.265 e. The van der Waals surface area contributed by atoms with Crippen molar-refractivity contribution in [1.29, 1.82) is 0 Å². The van der Waals surface area contributed by atoms with Crippen molar-refractivity contribution in [3.63, 3.8) is 0 Å². The first kappa shape index (κ1) is 14.8. The second-order valence-electron chi connectivity index (χ2n) is 4.98. The number of carbonyl (C=O) groups excluding carboxylic acids is 1. The summed E-state index contributed by atoms with van der Waals surface area (Å²) < 4.78 is 5.23. The highest BCUT2D eigenvalue weighted by Gasteiger charge is 2.10. The van der Waals surface area contributed by atoms with E-state index >= 15 is 0 Å². The molecule has 0 bridgehead atoms. The van der Waals surface area contributed by atoms with Gasteiger partial charge in [0.15, 0.2) is 6.61 Å². The third-order valence-electron chi connectivity index (χ3n) is 3.27. The van der Waals surface area contributed by atoms with Gasteiger partial charge in [0.25, 0.3) is 5.91 Å². The van der Waals surface area contributed by atoms with E-state index in [1.807, 2.05) is 43.3 Å². The number of rotatable bonds is 5. The summed E-state index contributed by atoms with van der Waals surface area (Å²) in [6, 6.07) is 12.9. The van der Waals surface area contributed by atoms with Crippen LogP contribution in [0, 0.1) is 6.92 Å². The zero-order valence-electron chi connectivity index (χ0n) is 12.8. The number of nitrogens with zero attached hydrogens (tertiary/aromatic N) is 3. The zero-order valence-corrected chi connectivity index (χ0v) is 12.8. The Morgan fingerprint density at radius 3 is 2.91 bits per heavy atom. The lowest BCUT2D eigenvalue weighted by Crippen LogP contribution is -2.26. The summed E-state index contributed by atoms with van der Waals surface area (Å²) in [4.78, 5) is 18.7. The average Bonchev–Trinajstić information content (AvgIpc) is 2.96. The summed E-state index contributed by atoms with van der Waals surface area (Å²) >= 11 is 0. The number of amides is 1. The van der Waals surface area contributed by atoms with Crippen molar-refractivity contribution in [2.45, 2.75) is 6.92 Å². The van der Waals surface area contributed by atoms with Gasteiger partial charge in [0, 0.05) is 0 Å². The van der Waals surface area contributed by atoms with Crippen LogP contribution in [-0.2, 0) is 4.79 Å². The minimum atomic E-state index is -0.312. The van der Waals surface area contributed by atoms with E-state index in [4.69, 9.17) is 9.57 Å². The molecule has 0 aliphatic heterocycles. The summed E-state index contributed by atoms with van der Waals surface area (Å²) in [7, 11) is 1.55. The van der Waals surface area contributed by atoms with Crippen molar-refractivity contribution in [2.75, 3.05) is 19.0 Å². The number of benzene rings is 2. The van der Waals surface area contributed by atoms with E-state index in [2.05, 4.69) is 15.6 Å². The predicted octanol–water partition coefficient (Wildman–Crippen LogP) is 1.82. The Balaban J connectivity index is 1.67. The van der Waals surface area contributed by atoms with Crippen molar-refractivity contribution in [1.82, 2.24) is 15.2 Å². The van der Waals surface area contributed by atoms with E-state index in [0.29, 0.717) is 22.5 Å². The molecule has 7 heteroatoms. The van der Waals surface area contributed by atoms with Crippen molar-refractivity contribution in [3.05, 3.63) is 48.0 Å². The van der Waals surface area contributed by atoms with Gasteiger partial charge in [0.05, 0.1) is 12.8 Å². The molecular weight excluding hydrogens is 296 g/mol. The lowest BCUT2D eigenvalue weighted by Gasteiger charge is -2.11. The van der Waals surface area contributed by atoms with Gasteiger partial charge >= 0.3 is 0 Å². The molecule has 0 unspecified atom stereocenters. The Morgan fingerprint density at radius 1 is 1.26 bits per heavy atom. The van der Waals surface area contributed by atoms with E-state index < -0.39 is 0 Å². The smallest absolute Gasteiger partial charge is 0.265 e. The molecule has 118 valence electrons. The number of fused-ring (bicyclic) bond motifs is 1. The largest absolute Gasteiger partial charge is 0.495 e. The number of hydrogen-bond acceptors (Lipinski definition) is 5. The number of para-hydroxylation sites is 1. The van der Waals surface area contributed by atoms with Crippen LogP contribution in [0.25, 0.3) is 11.0 Å². The molecule has 0 saturated heterocycles. The van der Waals surface area contributed by atoms with E-state index in [1.54, 1.807) is 13.2 Å². The third-order valence-corrected chi connectivity index (χ3v) is 3.27. The van der Waals surface area contributed by atoms with Crippen molar-refractivity contribution >= 4 is 22.6 Å². The third kappa shape index (κ3) is 3.23. The average molecular weight is 312 g/mol. The molecule has 0 saturated carbocycles. The molecule has 7 nitrogen and oxygen atoms in total. The van der Waals surface area contributed by atoms with Crippen LogP contribution in [0.15, 0.2) is 42.5 Å². The number of nitrogens with one attached hydrogen (secondary N) is 1. The van der Waals surface area contributed by atoms with Crippen LogP contribution < -0.4 is 14.9 Å². The highest BCUT2D eigenvalue weighted by atomic mass is 16.7. The van der Waals surface area contributed by atoms with Gasteiger partial charge in [-0.3, -0.25) is 4.79 Å². The number of anilines is 1. The SMILES string of the molecule is COc1ccc(C)cc1NC(=O)COn1nnc2ccccc21. The van der Waals surface area contributed by atoms with Gasteiger partial charge in [-0.25, -0.2) is 0 Å². The number of methoxy groups -OCH3 is 1. The van der Waals surface area contributed by atoms with Crippen molar-refractivity contribution < 1.29 is 14.4 Å². The minimum absolute atomic E-state index is 0.190. The predicted molar refractivity (Wildman–Crippen MR) is 85.3 cm³/mol. The molecule has 1 amide bonds. The Morgan fingerprint density at radius 2 is 2.09 bits per heavy atom. The Hall–Kier alpha value is -3.09. The van der Waals surface area contributed by atoms with E-state index in [1.165, 1.54) is 4.85 Å². The highest BCUT2D eigenvalue weighted by Crippen LogP contribution is 2.24. The topological polar surface area (TPSA) is 78.3 Å². The minimum Gasteiger partial charge on any atom is -0.495 e. The van der Waals surface area contributed by atoms with E-state index in [0.717, 1.165) is 5.56 Å².